The van der Waals surface area contributed by atoms with Crippen molar-refractivity contribution < 1.29 is 0 Å². The molecule has 0 saturated heterocycles. The molecular weight excluding hydrogens is 192 g/mol. The van der Waals surface area contributed by atoms with Crippen LogP contribution in [0.25, 0.3) is 0 Å². The molecule has 2 N–H and O–H groups in total. The molecule has 0 aliphatic rings. The topological polar surface area (TPSA) is 49.8 Å². The maximum absolute atomic E-state index is 8.84. The Labute approximate surface area is 89.1 Å². The van der Waals surface area contributed by atoms with E-state index in [-0.39, 0.29) is 5.25 Å². The van der Waals surface area contributed by atoms with Gasteiger partial charge in [-0.15, -0.1) is 11.8 Å². The fourth-order valence-corrected chi connectivity index (χ4v) is 2.08. The third-order valence-electron chi connectivity index (χ3n) is 1.95. The van der Waals surface area contributed by atoms with E-state index in [1.807, 2.05) is 32.0 Å². The average Bonchev–Trinajstić information content (AvgIpc) is 2.19. The maximum Gasteiger partial charge on any atom is 0.0961 e. The average molecular weight is 206 g/mol. The molecule has 0 aliphatic carbocycles. The third-order valence-corrected chi connectivity index (χ3v) is 3.28. The van der Waals surface area contributed by atoms with Crippen molar-refractivity contribution >= 4 is 17.4 Å². The normalized spacial score (nSPS) is 12.1. The predicted molar refractivity (Wildman–Crippen MR) is 61.1 cm³/mol. The van der Waals surface area contributed by atoms with Crippen LogP contribution in [0, 0.1) is 18.3 Å². The summed E-state index contributed by atoms with van der Waals surface area (Å²) in [6.45, 7) is 4.03. The Morgan fingerprint density at radius 2 is 2.29 bits per heavy atom. The van der Waals surface area contributed by atoms with Crippen molar-refractivity contribution in [1.82, 2.24) is 0 Å². The Kier molecular flexibility index (Phi) is 3.84. The van der Waals surface area contributed by atoms with E-state index in [1.165, 1.54) is 5.56 Å². The molecule has 74 valence electrons. The van der Waals surface area contributed by atoms with Crippen LogP contribution in [0.1, 0.15) is 18.9 Å². The highest BCUT2D eigenvalue weighted by molar-refractivity contribution is 8.00. The van der Waals surface area contributed by atoms with Gasteiger partial charge in [0.2, 0.25) is 0 Å². The minimum Gasteiger partial charge on any atom is -0.398 e. The van der Waals surface area contributed by atoms with Gasteiger partial charge in [-0.1, -0.05) is 13.0 Å². The number of thioether (sulfide) groups is 1. The van der Waals surface area contributed by atoms with Gasteiger partial charge in [0.15, 0.2) is 0 Å². The Hall–Kier alpha value is -1.14. The molecule has 0 fully saturated rings. The first-order valence-corrected chi connectivity index (χ1v) is 5.47. The molecule has 1 aromatic rings. The molecule has 3 heteroatoms. The van der Waals surface area contributed by atoms with E-state index in [4.69, 9.17) is 11.0 Å². The highest BCUT2D eigenvalue weighted by Gasteiger charge is 2.08. The summed E-state index contributed by atoms with van der Waals surface area (Å²) in [4.78, 5) is 1.01. The van der Waals surface area contributed by atoms with Crippen molar-refractivity contribution in [2.24, 2.45) is 0 Å². The summed E-state index contributed by atoms with van der Waals surface area (Å²) in [5.41, 5.74) is 7.75. The van der Waals surface area contributed by atoms with Gasteiger partial charge in [-0.05, 0) is 31.0 Å². The summed E-state index contributed by atoms with van der Waals surface area (Å²) in [5, 5.41) is 8.84. The van der Waals surface area contributed by atoms with Crippen LogP contribution in [0.4, 0.5) is 5.69 Å². The van der Waals surface area contributed by atoms with E-state index in [0.717, 1.165) is 17.0 Å². The zero-order chi connectivity index (χ0) is 10.6. The smallest absolute Gasteiger partial charge is 0.0961 e. The molecule has 1 rings (SSSR count). The summed E-state index contributed by atoms with van der Waals surface area (Å²) in [6.07, 6.45) is 0.842. The predicted octanol–water partition coefficient (Wildman–Crippen LogP) is 2.97. The monoisotopic (exact) mass is 206 g/mol. The first-order chi connectivity index (χ1) is 6.67. The summed E-state index contributed by atoms with van der Waals surface area (Å²) in [6, 6.07) is 8.15. The van der Waals surface area contributed by atoms with Crippen LogP contribution in [0.15, 0.2) is 23.1 Å². The molecule has 0 aliphatic heterocycles. The number of aryl methyl sites for hydroxylation is 1. The van der Waals surface area contributed by atoms with Gasteiger partial charge in [-0.3, -0.25) is 0 Å². The third kappa shape index (κ3) is 2.68. The molecule has 1 aromatic carbocycles. The Morgan fingerprint density at radius 1 is 1.57 bits per heavy atom. The minimum absolute atomic E-state index is 0.000833. The molecule has 1 unspecified atom stereocenters. The lowest BCUT2D eigenvalue weighted by molar-refractivity contribution is 0.985. The molecule has 0 bridgehead atoms. The van der Waals surface area contributed by atoms with Crippen LogP contribution < -0.4 is 5.73 Å². The lowest BCUT2D eigenvalue weighted by Crippen LogP contribution is -1.98. The van der Waals surface area contributed by atoms with Crippen molar-refractivity contribution in [3.05, 3.63) is 23.8 Å². The van der Waals surface area contributed by atoms with Gasteiger partial charge in [-0.25, -0.2) is 0 Å². The molecule has 0 spiro atoms. The zero-order valence-electron chi connectivity index (χ0n) is 8.45. The maximum atomic E-state index is 8.84. The molecular formula is C11H14N2S. The second-order valence-electron chi connectivity index (χ2n) is 3.19. The number of nitrogens with two attached hydrogens (primary N) is 1. The molecule has 14 heavy (non-hydrogen) atoms. The van der Waals surface area contributed by atoms with Crippen molar-refractivity contribution in [3.63, 3.8) is 0 Å². The number of nitriles is 1. The second-order valence-corrected chi connectivity index (χ2v) is 4.43. The number of anilines is 1. The number of nitrogens with zero attached hydrogens (tertiary/aromatic N) is 1. The van der Waals surface area contributed by atoms with Gasteiger partial charge in [-0.2, -0.15) is 5.26 Å². The molecule has 2 nitrogen and oxygen atoms in total. The largest absolute Gasteiger partial charge is 0.398 e. The first-order valence-electron chi connectivity index (χ1n) is 4.59. The van der Waals surface area contributed by atoms with E-state index in [2.05, 4.69) is 6.07 Å². The number of hydrogen-bond acceptors (Lipinski definition) is 3. The van der Waals surface area contributed by atoms with Crippen molar-refractivity contribution in [1.29, 1.82) is 5.26 Å². The summed E-state index contributed by atoms with van der Waals surface area (Å²) in [5.74, 6) is 0. The summed E-state index contributed by atoms with van der Waals surface area (Å²) >= 11 is 1.54. The first kappa shape index (κ1) is 10.9. The second kappa shape index (κ2) is 4.92. The highest BCUT2D eigenvalue weighted by Crippen LogP contribution is 2.30. The number of nitrogen functional groups attached to an aromatic ring is 1. The number of rotatable bonds is 3. The van der Waals surface area contributed by atoms with Gasteiger partial charge in [0, 0.05) is 10.6 Å². The molecule has 0 amide bonds. The van der Waals surface area contributed by atoms with Crippen LogP contribution in [0.2, 0.25) is 0 Å². The summed E-state index contributed by atoms with van der Waals surface area (Å²) < 4.78 is 0. The molecule has 0 heterocycles. The van der Waals surface area contributed by atoms with E-state index in [1.54, 1.807) is 11.8 Å². The van der Waals surface area contributed by atoms with E-state index < -0.39 is 0 Å². The van der Waals surface area contributed by atoms with Crippen LogP contribution >= 0.6 is 11.8 Å². The van der Waals surface area contributed by atoms with Gasteiger partial charge < -0.3 is 5.73 Å². The molecule has 0 radical (unpaired) electrons. The quantitative estimate of drug-likeness (QED) is 0.611. The van der Waals surface area contributed by atoms with Crippen LogP contribution in [0.3, 0.4) is 0 Å². The SMILES string of the molecule is CCC(C#N)Sc1cc(C)ccc1N. The van der Waals surface area contributed by atoms with E-state index in [9.17, 15) is 0 Å². The standard InChI is InChI=1S/C11H14N2S/c1-3-9(7-12)14-11-6-8(2)4-5-10(11)13/h4-6,9H,3,13H2,1-2H3. The van der Waals surface area contributed by atoms with Gasteiger partial charge >= 0.3 is 0 Å². The fraction of sp³-hybridized carbons (Fsp3) is 0.364. The zero-order valence-corrected chi connectivity index (χ0v) is 9.27. The van der Waals surface area contributed by atoms with Crippen molar-refractivity contribution in [3.8, 4) is 6.07 Å². The summed E-state index contributed by atoms with van der Waals surface area (Å²) in [7, 11) is 0. The molecule has 1 atom stereocenters. The van der Waals surface area contributed by atoms with Crippen molar-refractivity contribution in [2.45, 2.75) is 30.4 Å². The van der Waals surface area contributed by atoms with Crippen LogP contribution in [-0.2, 0) is 0 Å². The Morgan fingerprint density at radius 3 is 2.86 bits per heavy atom. The van der Waals surface area contributed by atoms with Gasteiger partial charge in [0.05, 0.1) is 11.3 Å². The van der Waals surface area contributed by atoms with Gasteiger partial charge in [0.25, 0.3) is 0 Å². The van der Waals surface area contributed by atoms with Crippen LogP contribution in [-0.4, -0.2) is 5.25 Å². The van der Waals surface area contributed by atoms with Crippen LogP contribution in [0.5, 0.6) is 0 Å². The Balaban J connectivity index is 2.86. The number of hydrogen-bond donors (Lipinski definition) is 1. The highest BCUT2D eigenvalue weighted by atomic mass is 32.2. The van der Waals surface area contributed by atoms with Gasteiger partial charge in [0.1, 0.15) is 0 Å². The minimum atomic E-state index is -0.000833. The lowest BCUT2D eigenvalue weighted by Gasteiger charge is -2.09. The Bertz CT molecular complexity index is 355. The number of benzene rings is 1. The van der Waals surface area contributed by atoms with Crippen molar-refractivity contribution in [2.75, 3.05) is 5.73 Å². The lowest BCUT2D eigenvalue weighted by atomic mass is 10.2. The van der Waals surface area contributed by atoms with E-state index in [0.29, 0.717) is 0 Å². The van der Waals surface area contributed by atoms with E-state index >= 15 is 0 Å². The molecule has 0 aromatic heterocycles. The fourth-order valence-electron chi connectivity index (χ4n) is 1.10. The molecule has 0 saturated carbocycles.